The Morgan fingerprint density at radius 3 is 2.50 bits per heavy atom. The van der Waals surface area contributed by atoms with E-state index in [9.17, 15) is 9.59 Å². The highest BCUT2D eigenvalue weighted by molar-refractivity contribution is 5.78. The lowest BCUT2D eigenvalue weighted by atomic mass is 10.2. The van der Waals surface area contributed by atoms with Gasteiger partial charge < -0.3 is 14.6 Å². The van der Waals surface area contributed by atoms with E-state index in [0.29, 0.717) is 12.8 Å². The van der Waals surface area contributed by atoms with Gasteiger partial charge in [0.15, 0.2) is 0 Å². The Morgan fingerprint density at radius 1 is 1.30 bits per heavy atom. The lowest BCUT2D eigenvalue weighted by Gasteiger charge is -2.13. The molecular weight excluding hydrogens is 376 g/mol. The first-order valence-electron chi connectivity index (χ1n) is 11.0. The second kappa shape index (κ2) is 12.2. The fraction of sp³-hybridized carbons (Fsp3) is 0.542. The number of fused-ring (bicyclic) bond motifs is 1. The topological polar surface area (TPSA) is 66.7 Å². The maximum absolute atomic E-state index is 12.1. The monoisotopic (exact) mass is 412 g/mol. The van der Waals surface area contributed by atoms with Crippen LogP contribution >= 0.6 is 0 Å². The molecule has 0 spiro atoms. The van der Waals surface area contributed by atoms with Crippen molar-refractivity contribution in [1.82, 2.24) is 19.6 Å². The Balaban J connectivity index is 0.000000220. The van der Waals surface area contributed by atoms with E-state index >= 15 is 0 Å². The molecule has 2 aliphatic rings. The van der Waals surface area contributed by atoms with Gasteiger partial charge in [0.2, 0.25) is 12.3 Å². The molecule has 30 heavy (non-hydrogen) atoms. The first-order chi connectivity index (χ1) is 14.5. The first-order valence-corrected chi connectivity index (χ1v) is 11.0. The van der Waals surface area contributed by atoms with Crippen molar-refractivity contribution in [1.29, 1.82) is 0 Å². The predicted molar refractivity (Wildman–Crippen MR) is 121 cm³/mol. The summed E-state index contributed by atoms with van der Waals surface area (Å²) in [5.41, 5.74) is 2.92. The van der Waals surface area contributed by atoms with Crippen LogP contribution in [0.2, 0.25) is 0 Å². The van der Waals surface area contributed by atoms with Crippen LogP contribution in [0.4, 0.5) is 0 Å². The number of nitrogens with zero attached hydrogens (tertiary/aromatic N) is 3. The molecule has 2 amide bonds. The molecule has 1 aliphatic carbocycles. The summed E-state index contributed by atoms with van der Waals surface area (Å²) in [4.78, 5) is 27.8. The summed E-state index contributed by atoms with van der Waals surface area (Å²) in [6, 6.07) is 6.00. The molecule has 164 valence electrons. The third-order valence-corrected chi connectivity index (χ3v) is 5.63. The standard InChI is InChI=1S/C14H17N3O.C7H12.C3H7NO/c1-11-5-4-6-13-15-12(10-17(11)13)9-14(18)16-7-2-3-8-16;1-3-6-5-7(6)4-2;1-2-4-3-5/h4-6,10H,2-3,7-9H2,1H3;3,6-7H,1,4-5H2,2H3;3H,2H2,1H3,(H,4,5). The fourth-order valence-electron chi connectivity index (χ4n) is 3.63. The quantitative estimate of drug-likeness (QED) is 0.580. The van der Waals surface area contributed by atoms with Gasteiger partial charge in [0.1, 0.15) is 5.65 Å². The Morgan fingerprint density at radius 2 is 2.03 bits per heavy atom. The number of nitrogens with one attached hydrogen (secondary N) is 1. The third kappa shape index (κ3) is 7.01. The molecule has 2 unspecified atom stereocenters. The zero-order valence-electron chi connectivity index (χ0n) is 18.6. The molecule has 0 bridgehead atoms. The smallest absolute Gasteiger partial charge is 0.228 e. The number of rotatable bonds is 6. The van der Waals surface area contributed by atoms with Gasteiger partial charge in [0.25, 0.3) is 0 Å². The number of hydrogen-bond donors (Lipinski definition) is 1. The summed E-state index contributed by atoms with van der Waals surface area (Å²) in [5.74, 6) is 2.08. The van der Waals surface area contributed by atoms with Crippen LogP contribution in [0, 0.1) is 18.8 Å². The number of imidazole rings is 1. The average molecular weight is 413 g/mol. The summed E-state index contributed by atoms with van der Waals surface area (Å²) in [5, 5.41) is 2.43. The van der Waals surface area contributed by atoms with Crippen LogP contribution in [0.1, 0.15) is 50.9 Å². The Kier molecular flexibility index (Phi) is 9.58. The SMILES string of the molecule is C=CC1CC1CC.CCNC=O.Cc1cccc2nc(CC(=O)N3CCCC3)cn12. The summed E-state index contributed by atoms with van der Waals surface area (Å²) < 4.78 is 2.03. The first kappa shape index (κ1) is 23.6. The van der Waals surface area contributed by atoms with E-state index in [1.165, 1.54) is 12.8 Å². The minimum atomic E-state index is 0.202. The fourth-order valence-corrected chi connectivity index (χ4v) is 3.63. The highest BCUT2D eigenvalue weighted by Crippen LogP contribution is 2.41. The summed E-state index contributed by atoms with van der Waals surface area (Å²) in [7, 11) is 0. The van der Waals surface area contributed by atoms with E-state index in [1.54, 1.807) is 0 Å². The lowest BCUT2D eigenvalue weighted by Crippen LogP contribution is -2.29. The molecule has 2 aromatic rings. The molecule has 2 aromatic heterocycles. The number of aryl methyl sites for hydroxylation is 1. The second-order valence-electron chi connectivity index (χ2n) is 7.87. The van der Waals surface area contributed by atoms with Gasteiger partial charge in [-0.3, -0.25) is 9.59 Å². The molecule has 6 heteroatoms. The largest absolute Gasteiger partial charge is 0.359 e. The van der Waals surface area contributed by atoms with Crippen molar-refractivity contribution in [2.24, 2.45) is 11.8 Å². The Hall–Kier alpha value is -2.63. The second-order valence-corrected chi connectivity index (χ2v) is 7.87. The molecule has 0 aromatic carbocycles. The van der Waals surface area contributed by atoms with Gasteiger partial charge in [-0.1, -0.05) is 25.5 Å². The van der Waals surface area contributed by atoms with Crippen molar-refractivity contribution < 1.29 is 9.59 Å². The van der Waals surface area contributed by atoms with E-state index in [0.717, 1.165) is 61.3 Å². The average Bonchev–Trinajstić information content (AvgIpc) is 3.11. The molecule has 3 heterocycles. The number of likely N-dealkylation sites (tertiary alicyclic amines) is 1. The van der Waals surface area contributed by atoms with Crippen molar-refractivity contribution in [3.05, 3.63) is 48.4 Å². The van der Waals surface area contributed by atoms with E-state index in [-0.39, 0.29) is 5.91 Å². The lowest BCUT2D eigenvalue weighted by molar-refractivity contribution is -0.129. The predicted octanol–water partition coefficient (Wildman–Crippen LogP) is 3.78. The van der Waals surface area contributed by atoms with E-state index in [4.69, 9.17) is 0 Å². The van der Waals surface area contributed by atoms with E-state index in [1.807, 2.05) is 47.5 Å². The summed E-state index contributed by atoms with van der Waals surface area (Å²) in [6.45, 7) is 12.4. The Labute approximate surface area is 180 Å². The van der Waals surface area contributed by atoms with Gasteiger partial charge >= 0.3 is 0 Å². The molecule has 2 atom stereocenters. The number of pyridine rings is 1. The molecule has 0 radical (unpaired) electrons. The molecule has 4 rings (SSSR count). The molecule has 2 fully saturated rings. The highest BCUT2D eigenvalue weighted by Gasteiger charge is 2.31. The number of allylic oxidation sites excluding steroid dienone is 1. The van der Waals surface area contributed by atoms with Crippen molar-refractivity contribution in [3.63, 3.8) is 0 Å². The third-order valence-electron chi connectivity index (χ3n) is 5.63. The van der Waals surface area contributed by atoms with Crippen LogP contribution in [0.3, 0.4) is 0 Å². The van der Waals surface area contributed by atoms with Crippen LogP contribution in [0.5, 0.6) is 0 Å². The molecule has 1 saturated carbocycles. The van der Waals surface area contributed by atoms with Crippen LogP contribution in [-0.4, -0.2) is 46.2 Å². The van der Waals surface area contributed by atoms with Gasteiger partial charge in [-0.25, -0.2) is 4.98 Å². The molecule has 1 N–H and O–H groups in total. The normalized spacial score (nSPS) is 19.2. The van der Waals surface area contributed by atoms with E-state index in [2.05, 4.69) is 29.9 Å². The molecule has 1 saturated heterocycles. The van der Waals surface area contributed by atoms with Gasteiger partial charge in [-0.15, -0.1) is 6.58 Å². The molecule has 1 aliphatic heterocycles. The van der Waals surface area contributed by atoms with Gasteiger partial charge in [0.05, 0.1) is 12.1 Å². The van der Waals surface area contributed by atoms with Gasteiger partial charge in [0, 0.05) is 31.5 Å². The minimum absolute atomic E-state index is 0.202. The van der Waals surface area contributed by atoms with Crippen molar-refractivity contribution in [3.8, 4) is 0 Å². The van der Waals surface area contributed by atoms with Gasteiger partial charge in [-0.05, 0) is 57.1 Å². The van der Waals surface area contributed by atoms with E-state index < -0.39 is 0 Å². The zero-order valence-corrected chi connectivity index (χ0v) is 18.6. The zero-order chi connectivity index (χ0) is 21.9. The van der Waals surface area contributed by atoms with Crippen molar-refractivity contribution in [2.45, 2.75) is 52.9 Å². The van der Waals surface area contributed by atoms with Gasteiger partial charge in [-0.2, -0.15) is 0 Å². The molecule has 6 nitrogen and oxygen atoms in total. The minimum Gasteiger partial charge on any atom is -0.359 e. The number of amides is 2. The Bertz CT molecular complexity index is 824. The van der Waals surface area contributed by atoms with Crippen LogP contribution in [-0.2, 0) is 16.0 Å². The number of aromatic nitrogens is 2. The summed E-state index contributed by atoms with van der Waals surface area (Å²) >= 11 is 0. The maximum Gasteiger partial charge on any atom is 0.228 e. The number of carbonyl (C=O) groups is 2. The number of carbonyl (C=O) groups excluding carboxylic acids is 2. The van der Waals surface area contributed by atoms with Crippen LogP contribution in [0.15, 0.2) is 37.1 Å². The van der Waals surface area contributed by atoms with Crippen molar-refractivity contribution >= 4 is 18.0 Å². The van der Waals surface area contributed by atoms with Crippen molar-refractivity contribution in [2.75, 3.05) is 19.6 Å². The van der Waals surface area contributed by atoms with Crippen LogP contribution < -0.4 is 5.32 Å². The maximum atomic E-state index is 12.1. The summed E-state index contributed by atoms with van der Waals surface area (Å²) in [6.07, 6.45) is 10.2. The van der Waals surface area contributed by atoms with Crippen LogP contribution in [0.25, 0.3) is 5.65 Å². The highest BCUT2D eigenvalue weighted by atomic mass is 16.2. The molecular formula is C24H36N4O2. The number of hydrogen-bond acceptors (Lipinski definition) is 3.